The highest BCUT2D eigenvalue weighted by Crippen LogP contribution is 2.41. The summed E-state index contributed by atoms with van der Waals surface area (Å²) < 4.78 is 39.5. The molecule has 8 heteroatoms. The van der Waals surface area contributed by atoms with Gasteiger partial charge in [0.1, 0.15) is 0 Å². The summed E-state index contributed by atoms with van der Waals surface area (Å²) in [6.45, 7) is 3.30. The van der Waals surface area contributed by atoms with Crippen LogP contribution in [0.3, 0.4) is 0 Å². The van der Waals surface area contributed by atoms with E-state index in [0.717, 1.165) is 0 Å². The summed E-state index contributed by atoms with van der Waals surface area (Å²) in [5, 5.41) is 13.8. The molecule has 2 heterocycles. The van der Waals surface area contributed by atoms with Crippen molar-refractivity contribution in [3.05, 3.63) is 30.1 Å². The number of pyridine rings is 1. The quantitative estimate of drug-likeness (QED) is 0.910. The van der Waals surface area contributed by atoms with E-state index in [1.54, 1.807) is 13.8 Å². The van der Waals surface area contributed by atoms with Crippen LogP contribution in [0.25, 0.3) is 0 Å². The van der Waals surface area contributed by atoms with Gasteiger partial charge in [0.15, 0.2) is 0 Å². The van der Waals surface area contributed by atoms with Gasteiger partial charge in [-0.3, -0.25) is 9.78 Å². The Kier molecular flexibility index (Phi) is 3.75. The molecule has 1 aliphatic rings. The number of amides is 1. The lowest BCUT2D eigenvalue weighted by Gasteiger charge is -2.32. The van der Waals surface area contributed by atoms with E-state index in [1.165, 1.54) is 24.5 Å². The van der Waals surface area contributed by atoms with E-state index in [1.807, 2.05) is 0 Å². The maximum atomic E-state index is 13.2. The third-order valence-electron chi connectivity index (χ3n) is 3.25. The lowest BCUT2D eigenvalue weighted by atomic mass is 9.99. The van der Waals surface area contributed by atoms with Crippen molar-refractivity contribution in [2.24, 2.45) is 11.0 Å². The maximum absolute atomic E-state index is 13.2. The molecule has 0 radical (unpaired) electrons. The van der Waals surface area contributed by atoms with E-state index in [9.17, 15) is 23.1 Å². The first-order valence-electron chi connectivity index (χ1n) is 6.28. The molecule has 1 aromatic rings. The molecule has 0 saturated carbocycles. The van der Waals surface area contributed by atoms with Crippen LogP contribution in [0.5, 0.6) is 0 Å². The maximum Gasteiger partial charge on any atom is 0.438 e. The summed E-state index contributed by atoms with van der Waals surface area (Å²) in [6, 6.07) is 2.53. The van der Waals surface area contributed by atoms with Crippen molar-refractivity contribution >= 4 is 11.6 Å². The highest BCUT2D eigenvalue weighted by molar-refractivity contribution is 5.98. The van der Waals surface area contributed by atoms with Crippen LogP contribution in [-0.2, 0) is 0 Å². The minimum atomic E-state index is -5.00. The van der Waals surface area contributed by atoms with Crippen LogP contribution >= 0.6 is 0 Å². The van der Waals surface area contributed by atoms with Gasteiger partial charge in [-0.05, 0) is 18.1 Å². The predicted octanol–water partition coefficient (Wildman–Crippen LogP) is 2.19. The smallest absolute Gasteiger partial charge is 0.362 e. The van der Waals surface area contributed by atoms with Crippen molar-refractivity contribution in [3.63, 3.8) is 0 Å². The number of carbonyl (C=O) groups excluding carboxylic acids is 1. The van der Waals surface area contributed by atoms with E-state index in [0.29, 0.717) is 0 Å². The molecule has 21 heavy (non-hydrogen) atoms. The third-order valence-corrected chi connectivity index (χ3v) is 3.25. The van der Waals surface area contributed by atoms with Crippen molar-refractivity contribution in [1.29, 1.82) is 0 Å². The Morgan fingerprint density at radius 1 is 1.38 bits per heavy atom. The monoisotopic (exact) mass is 301 g/mol. The van der Waals surface area contributed by atoms with Crippen molar-refractivity contribution in [2.75, 3.05) is 0 Å². The van der Waals surface area contributed by atoms with Gasteiger partial charge in [0.05, 0.1) is 0 Å². The van der Waals surface area contributed by atoms with E-state index < -0.39 is 24.2 Å². The van der Waals surface area contributed by atoms with Gasteiger partial charge in [0, 0.05) is 30.1 Å². The summed E-state index contributed by atoms with van der Waals surface area (Å²) in [6.07, 6.45) is -3.19. The standard InChI is InChI=1S/C13H14F3N3O2/c1-8(2)10-7-12(21,13(14,15)16)19(18-10)11(20)9-3-5-17-6-4-9/h3-6,8,21H,7H2,1-2H3/t12-/m1/s1. The number of aliphatic hydroxyl groups is 1. The topological polar surface area (TPSA) is 65.8 Å². The van der Waals surface area contributed by atoms with Crippen LogP contribution in [-0.4, -0.2) is 38.6 Å². The molecule has 0 unspecified atom stereocenters. The number of hydrogen-bond donors (Lipinski definition) is 1. The highest BCUT2D eigenvalue weighted by atomic mass is 19.4. The van der Waals surface area contributed by atoms with Gasteiger partial charge in [-0.25, -0.2) is 0 Å². The average Bonchev–Trinajstić information content (AvgIpc) is 2.78. The number of hydrazone groups is 1. The van der Waals surface area contributed by atoms with Gasteiger partial charge in [0.25, 0.3) is 11.6 Å². The molecule has 1 N–H and O–H groups in total. The van der Waals surface area contributed by atoms with Gasteiger partial charge in [0.2, 0.25) is 0 Å². The van der Waals surface area contributed by atoms with Crippen molar-refractivity contribution in [1.82, 2.24) is 9.99 Å². The Morgan fingerprint density at radius 3 is 2.43 bits per heavy atom. The molecule has 2 rings (SSSR count). The molecule has 1 atom stereocenters. The number of aromatic nitrogens is 1. The van der Waals surface area contributed by atoms with Gasteiger partial charge < -0.3 is 5.11 Å². The van der Waals surface area contributed by atoms with Gasteiger partial charge in [-0.15, -0.1) is 0 Å². The van der Waals surface area contributed by atoms with Crippen LogP contribution in [0.15, 0.2) is 29.6 Å². The largest absolute Gasteiger partial charge is 0.438 e. The molecule has 1 aliphatic heterocycles. The van der Waals surface area contributed by atoms with Gasteiger partial charge in [-0.1, -0.05) is 13.8 Å². The summed E-state index contributed by atoms with van der Waals surface area (Å²) >= 11 is 0. The summed E-state index contributed by atoms with van der Waals surface area (Å²) in [5.41, 5.74) is -3.22. The van der Waals surface area contributed by atoms with Crippen LogP contribution in [0.1, 0.15) is 30.6 Å². The Balaban J connectivity index is 2.44. The zero-order valence-corrected chi connectivity index (χ0v) is 11.4. The Labute approximate surface area is 119 Å². The Bertz CT molecular complexity index is 572. The SMILES string of the molecule is CC(C)C1=NN(C(=O)c2ccncc2)[C@](O)(C(F)(F)F)C1. The number of rotatable bonds is 2. The molecule has 0 fully saturated rings. The predicted molar refractivity (Wildman–Crippen MR) is 68.3 cm³/mol. The minimum absolute atomic E-state index is 0.0265. The Morgan fingerprint density at radius 2 is 1.95 bits per heavy atom. The van der Waals surface area contributed by atoms with E-state index >= 15 is 0 Å². The molecule has 5 nitrogen and oxygen atoms in total. The fourth-order valence-electron chi connectivity index (χ4n) is 1.94. The van der Waals surface area contributed by atoms with E-state index in [2.05, 4.69) is 10.1 Å². The molecule has 1 aromatic heterocycles. The summed E-state index contributed by atoms with van der Waals surface area (Å²) in [4.78, 5) is 15.9. The highest BCUT2D eigenvalue weighted by Gasteiger charge is 2.63. The Hall–Kier alpha value is -1.96. The van der Waals surface area contributed by atoms with Gasteiger partial charge in [-0.2, -0.15) is 23.3 Å². The number of carbonyl (C=O) groups is 1. The second-order valence-electron chi connectivity index (χ2n) is 5.09. The van der Waals surface area contributed by atoms with Crippen molar-refractivity contribution in [3.8, 4) is 0 Å². The van der Waals surface area contributed by atoms with E-state index in [-0.39, 0.29) is 22.2 Å². The molecule has 0 aromatic carbocycles. The first kappa shape index (κ1) is 15.4. The number of hydrogen-bond acceptors (Lipinski definition) is 4. The first-order valence-corrected chi connectivity index (χ1v) is 6.28. The second-order valence-corrected chi connectivity index (χ2v) is 5.09. The van der Waals surface area contributed by atoms with Gasteiger partial charge >= 0.3 is 6.18 Å². The summed E-state index contributed by atoms with van der Waals surface area (Å²) in [7, 11) is 0. The average molecular weight is 301 g/mol. The third kappa shape index (κ3) is 2.63. The minimum Gasteiger partial charge on any atom is -0.362 e. The second kappa shape index (κ2) is 5.10. The van der Waals surface area contributed by atoms with Crippen LogP contribution < -0.4 is 0 Å². The first-order chi connectivity index (χ1) is 9.67. The molecule has 0 saturated heterocycles. The zero-order chi connectivity index (χ0) is 15.8. The molecular formula is C13H14F3N3O2. The molecule has 0 aliphatic carbocycles. The molecular weight excluding hydrogens is 287 g/mol. The lowest BCUT2D eigenvalue weighted by Crippen LogP contribution is -2.56. The normalized spacial score (nSPS) is 22.6. The fourth-order valence-corrected chi connectivity index (χ4v) is 1.94. The lowest BCUT2D eigenvalue weighted by molar-refractivity contribution is -0.297. The number of halogens is 3. The fraction of sp³-hybridized carbons (Fsp3) is 0.462. The molecule has 114 valence electrons. The number of alkyl halides is 3. The van der Waals surface area contributed by atoms with Crippen molar-refractivity contribution < 1.29 is 23.1 Å². The van der Waals surface area contributed by atoms with Crippen LogP contribution in [0.4, 0.5) is 13.2 Å². The summed E-state index contributed by atoms with van der Waals surface area (Å²) in [5.74, 6) is -1.33. The molecule has 1 amide bonds. The van der Waals surface area contributed by atoms with Crippen LogP contribution in [0, 0.1) is 5.92 Å². The zero-order valence-electron chi connectivity index (χ0n) is 11.4. The van der Waals surface area contributed by atoms with E-state index in [4.69, 9.17) is 0 Å². The molecule has 0 bridgehead atoms. The molecule has 0 spiro atoms. The number of nitrogens with zero attached hydrogens (tertiary/aromatic N) is 3. The van der Waals surface area contributed by atoms with Crippen molar-refractivity contribution in [2.45, 2.75) is 32.2 Å². The van der Waals surface area contributed by atoms with Crippen LogP contribution in [0.2, 0.25) is 0 Å².